The van der Waals surface area contributed by atoms with Crippen molar-refractivity contribution in [2.24, 2.45) is 11.1 Å². The van der Waals surface area contributed by atoms with Crippen molar-refractivity contribution < 1.29 is 4.79 Å². The molecule has 1 aromatic heterocycles. The number of hydrogen-bond acceptors (Lipinski definition) is 5. The molecule has 0 spiro atoms. The summed E-state index contributed by atoms with van der Waals surface area (Å²) in [5, 5.41) is 1.10. The lowest BCUT2D eigenvalue weighted by atomic mass is 9.93. The molecule has 18 heavy (non-hydrogen) atoms. The minimum Gasteiger partial charge on any atom is -0.396 e. The summed E-state index contributed by atoms with van der Waals surface area (Å²) in [7, 11) is 0. The van der Waals surface area contributed by atoms with Gasteiger partial charge in [0.2, 0.25) is 0 Å². The second-order valence-corrected chi connectivity index (χ2v) is 7.20. The fraction of sp³-hybridized carbons (Fsp3) is 0.583. The molecule has 4 N–H and O–H groups in total. The number of carbonyl (C=O) groups excluding carboxylic acids is 1. The van der Waals surface area contributed by atoms with Crippen molar-refractivity contribution in [2.45, 2.75) is 25.2 Å². The van der Waals surface area contributed by atoms with Crippen molar-refractivity contribution in [3.05, 3.63) is 4.88 Å². The molecule has 0 bridgehead atoms. The maximum absolute atomic E-state index is 11.4. The highest BCUT2D eigenvalue weighted by Gasteiger charge is 2.32. The summed E-state index contributed by atoms with van der Waals surface area (Å²) >= 11 is 3.01. The van der Waals surface area contributed by atoms with Gasteiger partial charge in [-0.2, -0.15) is 0 Å². The molecule has 1 amide bonds. The highest BCUT2D eigenvalue weighted by atomic mass is 32.2. The molecule has 2 heterocycles. The lowest BCUT2D eigenvalue weighted by Crippen LogP contribution is -2.22. The summed E-state index contributed by atoms with van der Waals surface area (Å²) < 4.78 is 0. The maximum atomic E-state index is 11.4. The van der Waals surface area contributed by atoms with E-state index in [1.807, 2.05) is 6.26 Å². The van der Waals surface area contributed by atoms with Crippen molar-refractivity contribution in [2.75, 3.05) is 30.0 Å². The average Bonchev–Trinajstić information content (AvgIpc) is 2.78. The second kappa shape index (κ2) is 4.66. The topological polar surface area (TPSA) is 72.3 Å². The van der Waals surface area contributed by atoms with Gasteiger partial charge in [-0.15, -0.1) is 23.1 Å². The third-order valence-electron chi connectivity index (χ3n) is 3.27. The highest BCUT2D eigenvalue weighted by molar-refractivity contribution is 7.99. The number of anilines is 2. The van der Waals surface area contributed by atoms with Gasteiger partial charge < -0.3 is 16.4 Å². The molecular weight excluding hydrogens is 266 g/mol. The number of nitrogen functional groups attached to an aromatic ring is 1. The Morgan fingerprint density at radius 3 is 2.61 bits per heavy atom. The van der Waals surface area contributed by atoms with Gasteiger partial charge in [-0.3, -0.25) is 4.79 Å². The predicted molar refractivity (Wildman–Crippen MR) is 79.6 cm³/mol. The molecule has 1 aliphatic heterocycles. The second-order valence-electron chi connectivity index (χ2n) is 5.38. The number of thiophene rings is 1. The van der Waals surface area contributed by atoms with Crippen LogP contribution in [-0.2, 0) is 0 Å². The number of nitrogens with zero attached hydrogens (tertiary/aromatic N) is 1. The smallest absolute Gasteiger partial charge is 0.261 e. The Hall–Kier alpha value is -0.880. The number of primary amides is 1. The molecule has 1 saturated heterocycles. The molecule has 0 unspecified atom stereocenters. The van der Waals surface area contributed by atoms with Crippen LogP contribution in [0.1, 0.15) is 29.9 Å². The molecule has 6 heteroatoms. The lowest BCUT2D eigenvalue weighted by molar-refractivity contribution is 0.100. The summed E-state index contributed by atoms with van der Waals surface area (Å²) in [5.41, 5.74) is 12.2. The zero-order valence-corrected chi connectivity index (χ0v) is 12.6. The molecule has 0 aliphatic carbocycles. The molecule has 1 fully saturated rings. The molecule has 0 saturated carbocycles. The molecule has 100 valence electrons. The van der Waals surface area contributed by atoms with Crippen LogP contribution in [0, 0.1) is 5.41 Å². The fourth-order valence-corrected chi connectivity index (χ4v) is 4.35. The van der Waals surface area contributed by atoms with E-state index < -0.39 is 5.91 Å². The van der Waals surface area contributed by atoms with E-state index in [1.165, 1.54) is 11.3 Å². The monoisotopic (exact) mass is 285 g/mol. The first kappa shape index (κ1) is 13.5. The Morgan fingerprint density at radius 2 is 2.17 bits per heavy atom. The van der Waals surface area contributed by atoms with Gasteiger partial charge >= 0.3 is 0 Å². The van der Waals surface area contributed by atoms with Crippen molar-refractivity contribution in [3.63, 3.8) is 0 Å². The normalized spacial score (nSPS) is 18.3. The van der Waals surface area contributed by atoms with Crippen molar-refractivity contribution in [1.29, 1.82) is 0 Å². The summed E-state index contributed by atoms with van der Waals surface area (Å²) in [6.45, 7) is 6.53. The molecule has 1 aliphatic rings. The molecular formula is C12H19N3OS2. The van der Waals surface area contributed by atoms with E-state index in [-0.39, 0.29) is 0 Å². The van der Waals surface area contributed by atoms with Gasteiger partial charge in [-0.25, -0.2) is 0 Å². The number of nitrogens with two attached hydrogens (primary N) is 2. The standard InChI is InChI=1S/C12H19N3OS2/c1-12(2)4-5-15(6-12)11-9(17-3)7(13)8(18-11)10(14)16/h4-6,13H2,1-3H3,(H2,14,16). The SMILES string of the molecule is CSc1c(N2CCC(C)(C)C2)sc(C(N)=O)c1N. The first-order chi connectivity index (χ1) is 8.35. The third kappa shape index (κ3) is 2.31. The van der Waals surface area contributed by atoms with Gasteiger partial charge in [0, 0.05) is 13.1 Å². The van der Waals surface area contributed by atoms with Crippen LogP contribution in [0.25, 0.3) is 0 Å². The van der Waals surface area contributed by atoms with Crippen molar-refractivity contribution in [3.8, 4) is 0 Å². The van der Waals surface area contributed by atoms with E-state index in [2.05, 4.69) is 18.7 Å². The van der Waals surface area contributed by atoms with Crippen LogP contribution in [0.5, 0.6) is 0 Å². The van der Waals surface area contributed by atoms with Gasteiger partial charge in [0.15, 0.2) is 0 Å². The molecule has 1 aromatic rings. The Balaban J connectivity index is 2.39. The predicted octanol–water partition coefficient (Wildman–Crippen LogP) is 2.39. The van der Waals surface area contributed by atoms with Crippen LogP contribution in [0.4, 0.5) is 10.7 Å². The van der Waals surface area contributed by atoms with E-state index in [0.29, 0.717) is 16.0 Å². The highest BCUT2D eigenvalue weighted by Crippen LogP contribution is 2.46. The first-order valence-corrected chi connectivity index (χ1v) is 7.91. The Labute approximate surface area is 116 Å². The van der Waals surface area contributed by atoms with E-state index in [0.717, 1.165) is 29.4 Å². The number of amides is 1. The van der Waals surface area contributed by atoms with Crippen molar-refractivity contribution in [1.82, 2.24) is 0 Å². The van der Waals surface area contributed by atoms with Crippen molar-refractivity contribution >= 4 is 39.7 Å². The minimum atomic E-state index is -0.433. The molecule has 2 rings (SSSR count). The maximum Gasteiger partial charge on any atom is 0.261 e. The largest absolute Gasteiger partial charge is 0.396 e. The summed E-state index contributed by atoms with van der Waals surface area (Å²) in [6.07, 6.45) is 3.14. The zero-order valence-electron chi connectivity index (χ0n) is 10.9. The number of rotatable bonds is 3. The van der Waals surface area contributed by atoms with Gasteiger partial charge in [0.1, 0.15) is 9.88 Å². The summed E-state index contributed by atoms with van der Waals surface area (Å²) in [5.74, 6) is -0.433. The molecule has 0 radical (unpaired) electrons. The van der Waals surface area contributed by atoms with E-state index in [1.54, 1.807) is 11.8 Å². The minimum absolute atomic E-state index is 0.321. The zero-order chi connectivity index (χ0) is 13.5. The first-order valence-electron chi connectivity index (χ1n) is 5.87. The van der Waals surface area contributed by atoms with E-state index in [4.69, 9.17) is 11.5 Å². The van der Waals surface area contributed by atoms with Crippen LogP contribution < -0.4 is 16.4 Å². The third-order valence-corrected chi connectivity index (χ3v) is 5.51. The van der Waals surface area contributed by atoms with Crippen LogP contribution in [0.2, 0.25) is 0 Å². The summed E-state index contributed by atoms with van der Waals surface area (Å²) in [6, 6.07) is 0. The van der Waals surface area contributed by atoms with Gasteiger partial charge in [-0.05, 0) is 18.1 Å². The quantitative estimate of drug-likeness (QED) is 0.836. The van der Waals surface area contributed by atoms with Crippen LogP contribution in [0.15, 0.2) is 4.90 Å². The Bertz CT molecular complexity index is 482. The number of carbonyl (C=O) groups is 1. The van der Waals surface area contributed by atoms with Crippen LogP contribution in [0.3, 0.4) is 0 Å². The van der Waals surface area contributed by atoms with Gasteiger partial charge in [0.05, 0.1) is 10.6 Å². The van der Waals surface area contributed by atoms with Crippen LogP contribution in [-0.4, -0.2) is 25.3 Å². The lowest BCUT2D eigenvalue weighted by Gasteiger charge is -2.21. The van der Waals surface area contributed by atoms with E-state index in [9.17, 15) is 4.79 Å². The van der Waals surface area contributed by atoms with Gasteiger partial charge in [-0.1, -0.05) is 13.8 Å². The molecule has 0 atom stereocenters. The van der Waals surface area contributed by atoms with Crippen LogP contribution >= 0.6 is 23.1 Å². The average molecular weight is 285 g/mol. The number of thioether (sulfide) groups is 1. The molecule has 0 aromatic carbocycles. The Kier molecular flexibility index (Phi) is 3.51. The number of hydrogen-bond donors (Lipinski definition) is 2. The summed E-state index contributed by atoms with van der Waals surface area (Å²) in [4.78, 5) is 15.2. The van der Waals surface area contributed by atoms with Gasteiger partial charge in [0.25, 0.3) is 5.91 Å². The Morgan fingerprint density at radius 1 is 1.50 bits per heavy atom. The van der Waals surface area contributed by atoms with E-state index >= 15 is 0 Å². The molecule has 4 nitrogen and oxygen atoms in total. The fourth-order valence-electron chi connectivity index (χ4n) is 2.29.